The largest absolute Gasteiger partial charge is 0.465 e. The summed E-state index contributed by atoms with van der Waals surface area (Å²) in [5.74, 6) is -0.0460. The standard InChI is InChI=1S/C35H39N7O4/c1-4-19-46-31(43)22-39-35(2,32(44)27-11-8-18-37-27)25-14-17-29-28(20-25)40-30(42(29)3)21-38-26-15-12-23(13-16-26)33(36)41-34(45)24-9-6-5-7-10-24/h5-17,20,27,37-39H,4,18-19,21-22H2,1-3H3,(H2,36,41,45)/t27?,35-/m1/s1. The van der Waals surface area contributed by atoms with Crippen molar-refractivity contribution in [2.75, 3.05) is 25.0 Å². The van der Waals surface area contributed by atoms with Crippen LogP contribution in [0, 0.1) is 5.41 Å². The number of amides is 1. The average Bonchev–Trinajstić information content (AvgIpc) is 3.73. The van der Waals surface area contributed by atoms with E-state index in [1.807, 2.05) is 67.1 Å². The number of nitrogens with one attached hydrogen (secondary N) is 5. The van der Waals surface area contributed by atoms with E-state index in [0.29, 0.717) is 36.4 Å². The number of ketones is 1. The number of ether oxygens (including phenoxy) is 1. The summed E-state index contributed by atoms with van der Waals surface area (Å²) in [6.07, 6.45) is 4.48. The smallest absolute Gasteiger partial charge is 0.319 e. The number of Topliss-reactive ketones (excluding diaryl/α,β-unsaturated/α-hetero) is 1. The quantitative estimate of drug-likeness (QED) is 0.0655. The molecule has 0 saturated heterocycles. The van der Waals surface area contributed by atoms with E-state index >= 15 is 0 Å². The first-order valence-electron chi connectivity index (χ1n) is 15.3. The lowest BCUT2D eigenvalue weighted by molar-refractivity contribution is -0.143. The molecule has 1 unspecified atom stereocenters. The predicted molar refractivity (Wildman–Crippen MR) is 178 cm³/mol. The molecule has 0 spiro atoms. The lowest BCUT2D eigenvalue weighted by atomic mass is 9.84. The molecule has 5 rings (SSSR count). The van der Waals surface area contributed by atoms with Crippen LogP contribution in [0.25, 0.3) is 11.0 Å². The molecule has 1 aliphatic rings. The number of hydrogen-bond donors (Lipinski definition) is 5. The van der Waals surface area contributed by atoms with Gasteiger partial charge in [-0.3, -0.25) is 25.1 Å². The number of rotatable bonds is 13. The summed E-state index contributed by atoms with van der Waals surface area (Å²) in [6.45, 7) is 4.98. The van der Waals surface area contributed by atoms with Gasteiger partial charge in [-0.2, -0.15) is 0 Å². The number of carbonyl (C=O) groups is 3. The Balaban J connectivity index is 1.28. The van der Waals surface area contributed by atoms with Crippen molar-refractivity contribution in [3.63, 3.8) is 0 Å². The highest BCUT2D eigenvalue weighted by molar-refractivity contribution is 6.11. The molecule has 5 N–H and O–H groups in total. The second kappa shape index (κ2) is 14.3. The SMILES string of the molecule is CCCOC(=O)CN[C@@](C)(C(=O)C1C=CCN1)c1ccc2c(c1)nc(CNc1ccc(C(=N)NC(=O)c3ccccc3)cc1)n2C. The minimum atomic E-state index is -1.17. The van der Waals surface area contributed by atoms with E-state index in [2.05, 4.69) is 21.3 Å². The van der Waals surface area contributed by atoms with Gasteiger partial charge in [0.25, 0.3) is 5.91 Å². The van der Waals surface area contributed by atoms with Gasteiger partial charge in [-0.05, 0) is 67.4 Å². The molecular weight excluding hydrogens is 582 g/mol. The maximum Gasteiger partial charge on any atom is 0.319 e. The Hall–Kier alpha value is -5.13. The third-order valence-electron chi connectivity index (χ3n) is 8.06. The first-order valence-corrected chi connectivity index (χ1v) is 15.3. The van der Waals surface area contributed by atoms with Crippen molar-refractivity contribution in [1.29, 1.82) is 5.41 Å². The van der Waals surface area contributed by atoms with Crippen LogP contribution >= 0.6 is 0 Å². The third kappa shape index (κ3) is 7.22. The predicted octanol–water partition coefficient (Wildman–Crippen LogP) is 3.80. The Labute approximate surface area is 267 Å². The van der Waals surface area contributed by atoms with E-state index in [9.17, 15) is 14.4 Å². The number of carbonyl (C=O) groups excluding carboxylic acids is 3. The van der Waals surface area contributed by atoms with Gasteiger partial charge in [0.15, 0.2) is 5.78 Å². The van der Waals surface area contributed by atoms with Gasteiger partial charge in [0.05, 0.1) is 36.8 Å². The van der Waals surface area contributed by atoms with E-state index in [4.69, 9.17) is 15.1 Å². The molecular formula is C35H39N7O4. The molecule has 0 fully saturated rings. The summed E-state index contributed by atoms with van der Waals surface area (Å²) in [7, 11) is 1.94. The Kier molecular flexibility index (Phi) is 10.0. The van der Waals surface area contributed by atoms with E-state index in [1.54, 1.807) is 43.3 Å². The molecule has 1 aliphatic heterocycles. The minimum Gasteiger partial charge on any atom is -0.465 e. The summed E-state index contributed by atoms with van der Waals surface area (Å²) in [4.78, 5) is 43.4. The van der Waals surface area contributed by atoms with E-state index < -0.39 is 17.6 Å². The zero-order valence-electron chi connectivity index (χ0n) is 26.2. The molecule has 2 heterocycles. The molecule has 1 aromatic heterocycles. The third-order valence-corrected chi connectivity index (χ3v) is 8.06. The number of aromatic nitrogens is 2. The molecule has 0 aliphatic carbocycles. The zero-order valence-corrected chi connectivity index (χ0v) is 26.2. The molecule has 2 atom stereocenters. The van der Waals surface area contributed by atoms with Gasteiger partial charge >= 0.3 is 5.97 Å². The Bertz CT molecular complexity index is 1770. The normalized spacial score (nSPS) is 15.3. The number of esters is 1. The van der Waals surface area contributed by atoms with Crippen molar-refractivity contribution < 1.29 is 19.1 Å². The first kappa shape index (κ1) is 32.3. The summed E-state index contributed by atoms with van der Waals surface area (Å²) in [6, 6.07) is 21.3. The van der Waals surface area contributed by atoms with E-state index in [-0.39, 0.29) is 24.1 Å². The highest BCUT2D eigenvalue weighted by Crippen LogP contribution is 2.28. The first-order chi connectivity index (χ1) is 22.2. The van der Waals surface area contributed by atoms with E-state index in [1.165, 1.54) is 0 Å². The topological polar surface area (TPSA) is 150 Å². The lowest BCUT2D eigenvalue weighted by Crippen LogP contribution is -2.54. The molecule has 0 saturated carbocycles. The minimum absolute atomic E-state index is 0.0177. The molecule has 4 aromatic rings. The van der Waals surface area contributed by atoms with Crippen molar-refractivity contribution in [1.82, 2.24) is 25.5 Å². The van der Waals surface area contributed by atoms with Gasteiger partial charge in [0.1, 0.15) is 17.2 Å². The fraction of sp³-hybridized carbons (Fsp3) is 0.286. The van der Waals surface area contributed by atoms with Crippen molar-refractivity contribution in [2.45, 2.75) is 38.4 Å². The Morgan fingerprint density at radius 1 is 1.07 bits per heavy atom. The molecule has 11 heteroatoms. The monoisotopic (exact) mass is 621 g/mol. The van der Waals surface area contributed by atoms with Crippen LogP contribution in [0.3, 0.4) is 0 Å². The number of hydrogen-bond acceptors (Lipinski definition) is 9. The molecule has 46 heavy (non-hydrogen) atoms. The second-order valence-corrected chi connectivity index (χ2v) is 11.3. The van der Waals surface area contributed by atoms with E-state index in [0.717, 1.165) is 29.0 Å². The van der Waals surface area contributed by atoms with Crippen molar-refractivity contribution >= 4 is 40.2 Å². The van der Waals surface area contributed by atoms with Gasteiger partial charge in [0, 0.05) is 30.4 Å². The Morgan fingerprint density at radius 3 is 2.52 bits per heavy atom. The van der Waals surface area contributed by atoms with Crippen LogP contribution in [-0.4, -0.2) is 58.8 Å². The van der Waals surface area contributed by atoms with Crippen LogP contribution < -0.4 is 21.3 Å². The highest BCUT2D eigenvalue weighted by Gasteiger charge is 2.39. The fourth-order valence-electron chi connectivity index (χ4n) is 5.31. The summed E-state index contributed by atoms with van der Waals surface area (Å²) >= 11 is 0. The number of imidazole rings is 1. The lowest BCUT2D eigenvalue weighted by Gasteiger charge is -2.32. The second-order valence-electron chi connectivity index (χ2n) is 11.3. The highest BCUT2D eigenvalue weighted by atomic mass is 16.5. The van der Waals surface area contributed by atoms with Gasteiger partial charge < -0.3 is 25.3 Å². The molecule has 238 valence electrons. The molecule has 3 aromatic carbocycles. The van der Waals surface area contributed by atoms with Crippen LogP contribution in [0.4, 0.5) is 5.69 Å². The Morgan fingerprint density at radius 2 is 1.83 bits per heavy atom. The fourth-order valence-corrected chi connectivity index (χ4v) is 5.31. The summed E-state index contributed by atoms with van der Waals surface area (Å²) in [5.41, 5.74) is 3.05. The van der Waals surface area contributed by atoms with Gasteiger partial charge in [-0.1, -0.05) is 43.3 Å². The summed E-state index contributed by atoms with van der Waals surface area (Å²) < 4.78 is 7.23. The van der Waals surface area contributed by atoms with Crippen LogP contribution in [0.1, 0.15) is 47.6 Å². The molecule has 1 amide bonds. The number of benzene rings is 3. The van der Waals surface area contributed by atoms with Gasteiger partial charge in [0.2, 0.25) is 0 Å². The van der Waals surface area contributed by atoms with Crippen LogP contribution in [-0.2, 0) is 33.5 Å². The molecule has 11 nitrogen and oxygen atoms in total. The molecule has 0 radical (unpaired) electrons. The van der Waals surface area contributed by atoms with Gasteiger partial charge in [-0.15, -0.1) is 0 Å². The maximum atomic E-state index is 13.7. The molecule has 0 bridgehead atoms. The number of amidine groups is 1. The van der Waals surface area contributed by atoms with Crippen LogP contribution in [0.5, 0.6) is 0 Å². The zero-order chi connectivity index (χ0) is 32.7. The number of nitrogens with zero attached hydrogens (tertiary/aromatic N) is 2. The van der Waals surface area contributed by atoms with Crippen molar-refractivity contribution in [2.24, 2.45) is 7.05 Å². The summed E-state index contributed by atoms with van der Waals surface area (Å²) in [5, 5.41) is 20.7. The average molecular weight is 622 g/mol. The van der Waals surface area contributed by atoms with Crippen molar-refractivity contribution in [3.8, 4) is 0 Å². The number of fused-ring (bicyclic) bond motifs is 1. The van der Waals surface area contributed by atoms with Crippen molar-refractivity contribution in [3.05, 3.63) is 107 Å². The maximum absolute atomic E-state index is 13.7. The number of anilines is 1. The van der Waals surface area contributed by atoms with Crippen LogP contribution in [0.2, 0.25) is 0 Å². The van der Waals surface area contributed by atoms with Gasteiger partial charge in [-0.25, -0.2) is 4.98 Å². The van der Waals surface area contributed by atoms with Crippen LogP contribution in [0.15, 0.2) is 84.9 Å². The number of aryl methyl sites for hydroxylation is 1.